The van der Waals surface area contributed by atoms with E-state index in [1.807, 2.05) is 0 Å². The predicted molar refractivity (Wildman–Crippen MR) is 128 cm³/mol. The Hall–Kier alpha value is -3.65. The van der Waals surface area contributed by atoms with E-state index in [1.165, 1.54) is 6.26 Å². The lowest BCUT2D eigenvalue weighted by Crippen LogP contribution is -2.34. The highest BCUT2D eigenvalue weighted by molar-refractivity contribution is 7.80. The van der Waals surface area contributed by atoms with E-state index in [2.05, 4.69) is 22.9 Å². The van der Waals surface area contributed by atoms with Gasteiger partial charge >= 0.3 is 0 Å². The number of furan rings is 1. The van der Waals surface area contributed by atoms with Crippen LogP contribution in [-0.2, 0) is 0 Å². The fraction of sp³-hybridized carbons (Fsp3) is 0.208. The fourth-order valence-corrected chi connectivity index (χ4v) is 3.07. The molecule has 0 fully saturated rings. The Bertz CT molecular complexity index is 1050. The van der Waals surface area contributed by atoms with Gasteiger partial charge < -0.3 is 19.8 Å². The molecule has 0 bridgehead atoms. The van der Waals surface area contributed by atoms with E-state index in [0.29, 0.717) is 23.5 Å². The number of nitrogens with one attached hydrogen (secondary N) is 3. The van der Waals surface area contributed by atoms with E-state index in [4.69, 9.17) is 21.4 Å². The highest BCUT2D eigenvalue weighted by atomic mass is 32.1. The monoisotopic (exact) mass is 451 g/mol. The van der Waals surface area contributed by atoms with Crippen LogP contribution in [0.2, 0.25) is 0 Å². The largest absolute Gasteiger partial charge is 0.494 e. The van der Waals surface area contributed by atoms with Crippen LogP contribution in [0.1, 0.15) is 47.1 Å². The lowest BCUT2D eigenvalue weighted by Gasteiger charge is -2.11. The SMILES string of the molecule is CCCCCOc1ccc(C(=O)NC(=S)Nc2cccc(NC(=O)c3ccco3)c2)cc1. The number of ether oxygens (including phenoxy) is 1. The third kappa shape index (κ3) is 6.95. The molecule has 3 rings (SSSR count). The molecule has 0 unspecified atom stereocenters. The molecule has 0 radical (unpaired) electrons. The Labute approximate surface area is 192 Å². The van der Waals surface area contributed by atoms with E-state index in [1.54, 1.807) is 60.7 Å². The second-order valence-corrected chi connectivity index (χ2v) is 7.41. The zero-order valence-electron chi connectivity index (χ0n) is 17.7. The zero-order valence-corrected chi connectivity index (χ0v) is 18.5. The van der Waals surface area contributed by atoms with Crippen molar-refractivity contribution in [3.8, 4) is 5.75 Å². The Morgan fingerprint density at radius 2 is 1.69 bits per heavy atom. The number of hydrogen-bond donors (Lipinski definition) is 3. The van der Waals surface area contributed by atoms with E-state index < -0.39 is 0 Å². The van der Waals surface area contributed by atoms with Crippen molar-refractivity contribution in [1.29, 1.82) is 0 Å². The Kier molecular flexibility index (Phi) is 8.39. The maximum absolute atomic E-state index is 12.5. The Balaban J connectivity index is 1.50. The van der Waals surface area contributed by atoms with Crippen molar-refractivity contribution in [2.75, 3.05) is 17.2 Å². The molecule has 3 N–H and O–H groups in total. The molecule has 7 nitrogen and oxygen atoms in total. The quantitative estimate of drug-likeness (QED) is 0.305. The van der Waals surface area contributed by atoms with Crippen LogP contribution in [-0.4, -0.2) is 23.5 Å². The summed E-state index contributed by atoms with van der Waals surface area (Å²) < 4.78 is 10.7. The summed E-state index contributed by atoms with van der Waals surface area (Å²) in [6.45, 7) is 2.80. The van der Waals surface area contributed by atoms with Gasteiger partial charge in [0.05, 0.1) is 12.9 Å². The summed E-state index contributed by atoms with van der Waals surface area (Å²) in [7, 11) is 0. The van der Waals surface area contributed by atoms with E-state index >= 15 is 0 Å². The number of amides is 2. The maximum Gasteiger partial charge on any atom is 0.291 e. The number of rotatable bonds is 9. The summed E-state index contributed by atoms with van der Waals surface area (Å²) in [6, 6.07) is 17.1. The summed E-state index contributed by atoms with van der Waals surface area (Å²) in [4.78, 5) is 24.6. The highest BCUT2D eigenvalue weighted by Gasteiger charge is 2.11. The van der Waals surface area contributed by atoms with Crippen LogP contribution >= 0.6 is 12.2 Å². The van der Waals surface area contributed by atoms with Crippen molar-refractivity contribution < 1.29 is 18.7 Å². The first-order valence-corrected chi connectivity index (χ1v) is 10.8. The molecule has 166 valence electrons. The van der Waals surface area contributed by atoms with E-state index in [-0.39, 0.29) is 22.7 Å². The van der Waals surface area contributed by atoms with Gasteiger partial charge in [-0.1, -0.05) is 25.8 Å². The van der Waals surface area contributed by atoms with Gasteiger partial charge in [0.15, 0.2) is 10.9 Å². The molecule has 0 aliphatic carbocycles. The second kappa shape index (κ2) is 11.7. The van der Waals surface area contributed by atoms with Crippen LogP contribution in [0.25, 0.3) is 0 Å². The minimum atomic E-state index is -0.360. The molecular formula is C24H25N3O4S. The van der Waals surface area contributed by atoms with Gasteiger partial charge in [0.25, 0.3) is 11.8 Å². The number of carbonyl (C=O) groups excluding carboxylic acids is 2. The molecular weight excluding hydrogens is 426 g/mol. The first-order valence-electron chi connectivity index (χ1n) is 10.4. The average molecular weight is 452 g/mol. The summed E-state index contributed by atoms with van der Waals surface area (Å²) in [5, 5.41) is 8.47. The van der Waals surface area contributed by atoms with Crippen LogP contribution in [0.3, 0.4) is 0 Å². The molecule has 1 aromatic heterocycles. The lowest BCUT2D eigenvalue weighted by molar-refractivity contribution is 0.0975. The highest BCUT2D eigenvalue weighted by Crippen LogP contribution is 2.17. The third-order valence-electron chi connectivity index (χ3n) is 4.48. The van der Waals surface area contributed by atoms with Gasteiger partial charge in [0.2, 0.25) is 0 Å². The zero-order chi connectivity index (χ0) is 22.8. The molecule has 32 heavy (non-hydrogen) atoms. The van der Waals surface area contributed by atoms with Crippen LogP contribution in [0, 0.1) is 0 Å². The van der Waals surface area contributed by atoms with E-state index in [0.717, 1.165) is 25.0 Å². The molecule has 0 atom stereocenters. The van der Waals surface area contributed by atoms with Gasteiger partial charge in [-0.2, -0.15) is 0 Å². The van der Waals surface area contributed by atoms with Crippen LogP contribution in [0.5, 0.6) is 5.75 Å². The summed E-state index contributed by atoms with van der Waals surface area (Å²) in [5.41, 5.74) is 1.64. The third-order valence-corrected chi connectivity index (χ3v) is 4.69. The molecule has 0 saturated carbocycles. The van der Waals surface area contributed by atoms with Gasteiger partial charge in [-0.05, 0) is 73.2 Å². The van der Waals surface area contributed by atoms with Crippen molar-refractivity contribution in [3.05, 3.63) is 78.3 Å². The summed E-state index contributed by atoms with van der Waals surface area (Å²) in [5.74, 6) is 0.249. The van der Waals surface area contributed by atoms with Crippen LogP contribution in [0.15, 0.2) is 71.3 Å². The van der Waals surface area contributed by atoms with Gasteiger partial charge in [0, 0.05) is 16.9 Å². The minimum absolute atomic E-state index is 0.143. The first-order chi connectivity index (χ1) is 15.5. The van der Waals surface area contributed by atoms with Crippen molar-refractivity contribution in [2.45, 2.75) is 26.2 Å². The first kappa shape index (κ1) is 23.0. The molecule has 2 aromatic carbocycles. The molecule has 0 spiro atoms. The smallest absolute Gasteiger partial charge is 0.291 e. The summed E-state index contributed by atoms with van der Waals surface area (Å²) in [6.07, 6.45) is 4.71. The maximum atomic E-state index is 12.5. The van der Waals surface area contributed by atoms with Gasteiger partial charge in [-0.15, -0.1) is 0 Å². The number of hydrogen-bond acceptors (Lipinski definition) is 5. The van der Waals surface area contributed by atoms with Crippen molar-refractivity contribution in [3.63, 3.8) is 0 Å². The average Bonchev–Trinajstić information content (AvgIpc) is 3.32. The standard InChI is InChI=1S/C24H25N3O4S/c1-2-3-4-14-30-20-12-10-17(11-13-20)22(28)27-24(32)26-19-8-5-7-18(16-19)25-23(29)21-9-6-15-31-21/h5-13,15-16H,2-4,14H2,1H3,(H,25,29)(H2,26,27,28,32). The molecule has 0 aliphatic rings. The second-order valence-electron chi connectivity index (χ2n) is 7.00. The Morgan fingerprint density at radius 1 is 0.938 bits per heavy atom. The van der Waals surface area contributed by atoms with Gasteiger partial charge in [-0.3, -0.25) is 14.9 Å². The fourth-order valence-electron chi connectivity index (χ4n) is 2.86. The molecule has 0 aliphatic heterocycles. The molecule has 0 saturated heterocycles. The predicted octanol–water partition coefficient (Wildman–Crippen LogP) is 5.23. The topological polar surface area (TPSA) is 92.6 Å². The normalized spacial score (nSPS) is 10.3. The number of anilines is 2. The summed E-state index contributed by atoms with van der Waals surface area (Å²) >= 11 is 5.25. The van der Waals surface area contributed by atoms with Crippen molar-refractivity contribution >= 4 is 40.5 Å². The van der Waals surface area contributed by atoms with Gasteiger partial charge in [0.1, 0.15) is 5.75 Å². The molecule has 1 heterocycles. The lowest BCUT2D eigenvalue weighted by atomic mass is 10.2. The number of benzene rings is 2. The number of thiocarbonyl (C=S) groups is 1. The molecule has 8 heteroatoms. The number of carbonyl (C=O) groups is 2. The molecule has 2 amide bonds. The number of unbranched alkanes of at least 4 members (excludes halogenated alkanes) is 2. The molecule has 3 aromatic rings. The Morgan fingerprint density at radius 3 is 2.38 bits per heavy atom. The minimum Gasteiger partial charge on any atom is -0.494 e. The van der Waals surface area contributed by atoms with E-state index in [9.17, 15) is 9.59 Å². The van der Waals surface area contributed by atoms with Crippen LogP contribution in [0.4, 0.5) is 11.4 Å². The van der Waals surface area contributed by atoms with Crippen molar-refractivity contribution in [1.82, 2.24) is 5.32 Å². The van der Waals surface area contributed by atoms with Gasteiger partial charge in [-0.25, -0.2) is 0 Å². The van der Waals surface area contributed by atoms with Crippen LogP contribution < -0.4 is 20.7 Å². The van der Waals surface area contributed by atoms with Crippen molar-refractivity contribution in [2.24, 2.45) is 0 Å².